The van der Waals surface area contributed by atoms with Gasteiger partial charge in [-0.25, -0.2) is 5.01 Å². The fourth-order valence-corrected chi connectivity index (χ4v) is 3.24. The number of hydrazine groups is 1. The van der Waals surface area contributed by atoms with E-state index in [1.165, 1.54) is 5.56 Å². The zero-order valence-electron chi connectivity index (χ0n) is 14.6. The second-order valence-electron chi connectivity index (χ2n) is 5.49. The Morgan fingerprint density at radius 3 is 2.69 bits per heavy atom. The molecule has 0 bridgehead atoms. The molecule has 1 aliphatic heterocycles. The lowest BCUT2D eigenvalue weighted by Gasteiger charge is -2.30. The van der Waals surface area contributed by atoms with Crippen LogP contribution < -0.4 is 20.8 Å². The third kappa shape index (κ3) is 4.75. The van der Waals surface area contributed by atoms with Crippen LogP contribution in [0.2, 0.25) is 0 Å². The molecule has 3 rings (SSSR count). The van der Waals surface area contributed by atoms with Crippen LogP contribution in [-0.4, -0.2) is 36.2 Å². The van der Waals surface area contributed by atoms with Gasteiger partial charge in [-0.15, -0.1) is 9.52 Å². The quantitative estimate of drug-likeness (QED) is 0.352. The SMILES string of the molecule is COc1ccc(N(/C(N)=N/N=C/Cc2ccccc2)N2CNCS2)cc1. The lowest BCUT2D eigenvalue weighted by molar-refractivity contribution is 0.414. The van der Waals surface area contributed by atoms with Crippen molar-refractivity contribution >= 4 is 29.8 Å². The molecule has 0 aliphatic carbocycles. The Hall–Kier alpha value is -2.55. The van der Waals surface area contributed by atoms with E-state index in [-0.39, 0.29) is 0 Å². The van der Waals surface area contributed by atoms with E-state index in [9.17, 15) is 0 Å². The van der Waals surface area contributed by atoms with Crippen molar-refractivity contribution in [3.8, 4) is 5.75 Å². The Balaban J connectivity index is 1.74. The maximum Gasteiger partial charge on any atom is 0.236 e. The van der Waals surface area contributed by atoms with Crippen molar-refractivity contribution in [1.29, 1.82) is 0 Å². The first-order valence-electron chi connectivity index (χ1n) is 8.22. The van der Waals surface area contributed by atoms with Crippen molar-refractivity contribution in [2.75, 3.05) is 24.7 Å². The Morgan fingerprint density at radius 2 is 2.04 bits per heavy atom. The number of anilines is 1. The Bertz CT molecular complexity index is 744. The number of nitrogens with one attached hydrogen (secondary N) is 1. The Labute approximate surface area is 157 Å². The highest BCUT2D eigenvalue weighted by atomic mass is 32.2. The minimum absolute atomic E-state index is 0.302. The molecule has 0 spiro atoms. The van der Waals surface area contributed by atoms with E-state index in [0.717, 1.165) is 17.3 Å². The molecule has 0 atom stereocenters. The first-order chi connectivity index (χ1) is 12.8. The molecule has 0 unspecified atom stereocenters. The highest BCUT2D eigenvalue weighted by Crippen LogP contribution is 2.25. The summed E-state index contributed by atoms with van der Waals surface area (Å²) in [5.41, 5.74) is 8.30. The second-order valence-corrected chi connectivity index (χ2v) is 6.46. The molecule has 1 fully saturated rings. The van der Waals surface area contributed by atoms with E-state index in [0.29, 0.717) is 19.0 Å². The Kier molecular flexibility index (Phi) is 6.48. The second kappa shape index (κ2) is 9.23. The summed E-state index contributed by atoms with van der Waals surface area (Å²) in [6, 6.07) is 17.8. The van der Waals surface area contributed by atoms with Crippen LogP contribution in [0.4, 0.5) is 5.69 Å². The molecule has 1 saturated heterocycles. The largest absolute Gasteiger partial charge is 0.497 e. The fourth-order valence-electron chi connectivity index (χ4n) is 2.44. The van der Waals surface area contributed by atoms with Gasteiger partial charge in [0.1, 0.15) is 5.75 Å². The van der Waals surface area contributed by atoms with E-state index in [1.54, 1.807) is 25.3 Å². The van der Waals surface area contributed by atoms with Crippen LogP contribution in [0, 0.1) is 0 Å². The van der Waals surface area contributed by atoms with Gasteiger partial charge in [0.05, 0.1) is 25.3 Å². The topological polar surface area (TPSA) is 78.5 Å². The molecule has 8 heteroatoms. The summed E-state index contributed by atoms with van der Waals surface area (Å²) in [6.07, 6.45) is 2.46. The molecule has 3 N–H and O–H groups in total. The fraction of sp³-hybridized carbons (Fsp3) is 0.222. The number of hydrogen-bond acceptors (Lipinski definition) is 6. The van der Waals surface area contributed by atoms with Crippen molar-refractivity contribution in [2.45, 2.75) is 6.42 Å². The highest BCUT2D eigenvalue weighted by Gasteiger charge is 2.24. The molecule has 0 amide bonds. The number of guanidine groups is 1. The van der Waals surface area contributed by atoms with Gasteiger partial charge in [0.15, 0.2) is 0 Å². The number of nitrogens with two attached hydrogens (primary N) is 1. The van der Waals surface area contributed by atoms with Gasteiger partial charge < -0.3 is 10.5 Å². The molecule has 1 aliphatic rings. The van der Waals surface area contributed by atoms with Crippen molar-refractivity contribution in [3.63, 3.8) is 0 Å². The molecule has 136 valence electrons. The smallest absolute Gasteiger partial charge is 0.236 e. The lowest BCUT2D eigenvalue weighted by Crippen LogP contribution is -2.47. The number of rotatable bonds is 6. The zero-order chi connectivity index (χ0) is 18.2. The number of hydrogen-bond donors (Lipinski definition) is 2. The summed E-state index contributed by atoms with van der Waals surface area (Å²) in [7, 11) is 1.64. The van der Waals surface area contributed by atoms with Gasteiger partial charge >= 0.3 is 0 Å². The van der Waals surface area contributed by atoms with E-state index in [4.69, 9.17) is 10.5 Å². The summed E-state index contributed by atoms with van der Waals surface area (Å²) in [5, 5.41) is 13.4. The molecule has 0 radical (unpaired) electrons. The van der Waals surface area contributed by atoms with Crippen molar-refractivity contribution < 1.29 is 4.74 Å². The molecule has 0 aromatic heterocycles. The van der Waals surface area contributed by atoms with Gasteiger partial charge in [-0.1, -0.05) is 30.3 Å². The summed E-state index contributed by atoms with van der Waals surface area (Å²) in [4.78, 5) is 0. The lowest BCUT2D eigenvalue weighted by atomic mass is 10.2. The minimum Gasteiger partial charge on any atom is -0.497 e. The third-order valence-electron chi connectivity index (χ3n) is 3.73. The van der Waals surface area contributed by atoms with E-state index in [1.807, 2.05) is 51.9 Å². The van der Waals surface area contributed by atoms with E-state index in [2.05, 4.69) is 27.7 Å². The van der Waals surface area contributed by atoms with Crippen LogP contribution in [0.25, 0.3) is 0 Å². The van der Waals surface area contributed by atoms with Crippen LogP contribution in [0.1, 0.15) is 5.56 Å². The van der Waals surface area contributed by atoms with Crippen LogP contribution in [0.3, 0.4) is 0 Å². The molecule has 2 aromatic carbocycles. The summed E-state index contributed by atoms with van der Waals surface area (Å²) < 4.78 is 7.23. The number of methoxy groups -OCH3 is 1. The van der Waals surface area contributed by atoms with Crippen LogP contribution in [0.15, 0.2) is 64.8 Å². The van der Waals surface area contributed by atoms with Crippen molar-refractivity contribution in [1.82, 2.24) is 9.73 Å². The first kappa shape index (κ1) is 18.2. The van der Waals surface area contributed by atoms with Gasteiger partial charge in [-0.2, -0.15) is 5.10 Å². The maximum atomic E-state index is 6.23. The summed E-state index contributed by atoms with van der Waals surface area (Å²) in [6.45, 7) is 0.667. The van der Waals surface area contributed by atoms with Crippen LogP contribution >= 0.6 is 11.9 Å². The van der Waals surface area contributed by atoms with Gasteiger partial charge in [-0.05, 0) is 41.8 Å². The van der Waals surface area contributed by atoms with Gasteiger partial charge in [0, 0.05) is 12.6 Å². The van der Waals surface area contributed by atoms with Gasteiger partial charge in [-0.3, -0.25) is 5.32 Å². The molecule has 7 nitrogen and oxygen atoms in total. The van der Waals surface area contributed by atoms with Gasteiger partial charge in [0.2, 0.25) is 5.96 Å². The normalized spacial score (nSPS) is 15.5. The number of ether oxygens (including phenoxy) is 1. The summed E-state index contributed by atoms with van der Waals surface area (Å²) >= 11 is 1.62. The molecule has 0 saturated carbocycles. The van der Waals surface area contributed by atoms with Crippen molar-refractivity contribution in [3.05, 3.63) is 60.2 Å². The molecular weight excluding hydrogens is 348 g/mol. The van der Waals surface area contributed by atoms with Crippen LogP contribution in [-0.2, 0) is 6.42 Å². The number of nitrogens with zero attached hydrogens (tertiary/aromatic N) is 4. The monoisotopic (exact) mass is 370 g/mol. The highest BCUT2D eigenvalue weighted by molar-refractivity contribution is 7.97. The predicted octanol–water partition coefficient (Wildman–Crippen LogP) is 2.43. The number of benzene rings is 2. The van der Waals surface area contributed by atoms with Crippen molar-refractivity contribution in [2.24, 2.45) is 15.9 Å². The average molecular weight is 370 g/mol. The maximum absolute atomic E-state index is 6.23. The molecule has 1 heterocycles. The predicted molar refractivity (Wildman–Crippen MR) is 108 cm³/mol. The molecule has 26 heavy (non-hydrogen) atoms. The standard InChI is InChI=1S/C18H22N6OS/c1-25-17-9-7-16(8-10-17)24(23-13-20-14-26-23)18(19)22-21-12-11-15-5-3-2-4-6-15/h2-10,12,20H,11,13-14H2,1H3,(H2,19,22)/b21-12+. The molecule has 2 aromatic rings. The molecular formula is C18H22N6OS. The first-order valence-corrected chi connectivity index (χ1v) is 9.16. The zero-order valence-corrected chi connectivity index (χ0v) is 15.4. The third-order valence-corrected chi connectivity index (χ3v) is 4.66. The van der Waals surface area contributed by atoms with E-state index < -0.39 is 0 Å². The van der Waals surface area contributed by atoms with E-state index >= 15 is 0 Å². The minimum atomic E-state index is 0.302. The van der Waals surface area contributed by atoms with Crippen LogP contribution in [0.5, 0.6) is 5.75 Å². The summed E-state index contributed by atoms with van der Waals surface area (Å²) in [5.74, 6) is 1.91. The van der Waals surface area contributed by atoms with Gasteiger partial charge in [0.25, 0.3) is 0 Å². The Morgan fingerprint density at radius 1 is 1.27 bits per heavy atom. The average Bonchev–Trinajstić information content (AvgIpc) is 3.21.